The number of aryl methyl sites for hydroxylation is 2. The Balaban J connectivity index is 1.60. The molecule has 1 aromatic heterocycles. The SMILES string of the molecule is CCCCCOc1ccc([C@H]2C(=C(O)c3ccc(C)cc3)C(=O)C(=O)N2c2nc3ccc(C)cc3s2)cc1. The number of nitrogens with zero attached hydrogens (tertiary/aromatic N) is 2. The zero-order valence-corrected chi connectivity index (χ0v) is 22.5. The number of hydrogen-bond acceptors (Lipinski definition) is 6. The Bertz CT molecular complexity index is 1520. The van der Waals surface area contributed by atoms with E-state index in [1.54, 1.807) is 12.1 Å². The molecule has 1 aliphatic heterocycles. The fraction of sp³-hybridized carbons (Fsp3) is 0.258. The number of rotatable bonds is 8. The quantitative estimate of drug-likeness (QED) is 0.115. The standard InChI is InChI=1S/C31H30N2O4S/c1-4-5-6-17-37-23-14-12-21(13-15-23)27-26(28(34)22-10-7-19(2)8-11-22)29(35)30(36)33(27)31-32-24-16-9-20(3)18-25(24)38-31/h7-16,18,27,34H,4-6,17H2,1-3H3/t27-/m0/s1. The lowest BCUT2D eigenvalue weighted by molar-refractivity contribution is -0.132. The maximum absolute atomic E-state index is 13.5. The van der Waals surface area contributed by atoms with Gasteiger partial charge in [-0.25, -0.2) is 4.98 Å². The molecule has 2 heterocycles. The number of benzene rings is 3. The highest BCUT2D eigenvalue weighted by atomic mass is 32.1. The van der Waals surface area contributed by atoms with E-state index >= 15 is 0 Å². The van der Waals surface area contributed by atoms with E-state index in [2.05, 4.69) is 6.92 Å². The minimum atomic E-state index is -0.827. The second-order valence-electron chi connectivity index (χ2n) is 9.63. The highest BCUT2D eigenvalue weighted by Gasteiger charge is 2.48. The van der Waals surface area contributed by atoms with Gasteiger partial charge < -0.3 is 9.84 Å². The van der Waals surface area contributed by atoms with E-state index in [1.165, 1.54) is 16.2 Å². The third kappa shape index (κ3) is 4.94. The molecule has 0 aliphatic carbocycles. The summed E-state index contributed by atoms with van der Waals surface area (Å²) in [6.07, 6.45) is 3.20. The first-order valence-corrected chi connectivity index (χ1v) is 13.7. The van der Waals surface area contributed by atoms with Crippen molar-refractivity contribution >= 4 is 44.1 Å². The van der Waals surface area contributed by atoms with Crippen LogP contribution in [0.4, 0.5) is 5.13 Å². The Labute approximate surface area is 226 Å². The lowest BCUT2D eigenvalue weighted by atomic mass is 9.95. The molecule has 194 valence electrons. The van der Waals surface area contributed by atoms with Gasteiger partial charge in [0.15, 0.2) is 5.13 Å². The van der Waals surface area contributed by atoms with Gasteiger partial charge in [0.2, 0.25) is 0 Å². The molecule has 6 nitrogen and oxygen atoms in total. The minimum Gasteiger partial charge on any atom is -0.507 e. The van der Waals surface area contributed by atoms with Crippen molar-refractivity contribution in [3.8, 4) is 5.75 Å². The largest absolute Gasteiger partial charge is 0.507 e. The van der Waals surface area contributed by atoms with Gasteiger partial charge in [-0.15, -0.1) is 0 Å². The number of aliphatic hydroxyl groups excluding tert-OH is 1. The van der Waals surface area contributed by atoms with Crippen LogP contribution in [0.15, 0.2) is 72.3 Å². The number of aromatic nitrogens is 1. The molecule has 5 rings (SSSR count). The monoisotopic (exact) mass is 526 g/mol. The highest BCUT2D eigenvalue weighted by Crippen LogP contribution is 2.44. The molecule has 1 aliphatic rings. The number of unbranched alkanes of at least 4 members (excludes halogenated alkanes) is 2. The zero-order valence-electron chi connectivity index (χ0n) is 21.7. The molecule has 4 aromatic rings. The molecule has 0 radical (unpaired) electrons. The van der Waals surface area contributed by atoms with Gasteiger partial charge in [-0.05, 0) is 55.7 Å². The van der Waals surface area contributed by atoms with Crippen molar-refractivity contribution in [1.82, 2.24) is 4.98 Å². The first-order chi connectivity index (χ1) is 18.4. The number of ketones is 1. The fourth-order valence-electron chi connectivity index (χ4n) is 4.62. The molecule has 0 unspecified atom stereocenters. The van der Waals surface area contributed by atoms with Gasteiger partial charge in [-0.3, -0.25) is 14.5 Å². The van der Waals surface area contributed by atoms with Crippen LogP contribution in [0.2, 0.25) is 0 Å². The predicted molar refractivity (Wildman–Crippen MR) is 152 cm³/mol. The number of carbonyl (C=O) groups is 2. The average molecular weight is 527 g/mol. The Morgan fingerprint density at radius 2 is 1.68 bits per heavy atom. The zero-order chi connectivity index (χ0) is 26.8. The number of ether oxygens (including phenoxy) is 1. The van der Waals surface area contributed by atoms with Gasteiger partial charge in [-0.1, -0.05) is 79.1 Å². The lowest BCUT2D eigenvalue weighted by Crippen LogP contribution is -2.29. The molecular formula is C31H30N2O4S. The van der Waals surface area contributed by atoms with Crippen molar-refractivity contribution in [3.05, 3.63) is 94.6 Å². The van der Waals surface area contributed by atoms with E-state index in [0.29, 0.717) is 22.9 Å². The van der Waals surface area contributed by atoms with Gasteiger partial charge in [-0.2, -0.15) is 0 Å². The second-order valence-corrected chi connectivity index (χ2v) is 10.6. The minimum absolute atomic E-state index is 0.0471. The van der Waals surface area contributed by atoms with Crippen LogP contribution in [-0.2, 0) is 9.59 Å². The summed E-state index contributed by atoms with van der Waals surface area (Å²) in [5.74, 6) is -0.925. The van der Waals surface area contributed by atoms with E-state index in [9.17, 15) is 14.7 Å². The van der Waals surface area contributed by atoms with E-state index in [-0.39, 0.29) is 11.3 Å². The van der Waals surface area contributed by atoms with Crippen LogP contribution in [0.25, 0.3) is 16.0 Å². The predicted octanol–water partition coefficient (Wildman–Crippen LogP) is 7.11. The maximum atomic E-state index is 13.5. The van der Waals surface area contributed by atoms with Crippen LogP contribution in [0.3, 0.4) is 0 Å². The van der Waals surface area contributed by atoms with E-state index < -0.39 is 17.7 Å². The molecule has 7 heteroatoms. The van der Waals surface area contributed by atoms with Crippen LogP contribution in [0.5, 0.6) is 5.75 Å². The van der Waals surface area contributed by atoms with E-state index in [0.717, 1.165) is 46.4 Å². The molecule has 1 amide bonds. The van der Waals surface area contributed by atoms with Crippen LogP contribution in [0.1, 0.15) is 54.5 Å². The Morgan fingerprint density at radius 1 is 0.974 bits per heavy atom. The number of aliphatic hydroxyl groups is 1. The van der Waals surface area contributed by atoms with Gasteiger partial charge >= 0.3 is 5.91 Å². The van der Waals surface area contributed by atoms with Gasteiger partial charge in [0.25, 0.3) is 5.78 Å². The third-order valence-corrected chi connectivity index (χ3v) is 7.74. The summed E-state index contributed by atoms with van der Waals surface area (Å²) < 4.78 is 6.79. The van der Waals surface area contributed by atoms with Crippen LogP contribution in [0, 0.1) is 13.8 Å². The van der Waals surface area contributed by atoms with E-state index in [4.69, 9.17) is 9.72 Å². The van der Waals surface area contributed by atoms with Gasteiger partial charge in [0.1, 0.15) is 11.5 Å². The van der Waals surface area contributed by atoms with Crippen molar-refractivity contribution < 1.29 is 19.4 Å². The first-order valence-electron chi connectivity index (χ1n) is 12.9. The van der Waals surface area contributed by atoms with Crippen molar-refractivity contribution in [2.75, 3.05) is 11.5 Å². The van der Waals surface area contributed by atoms with Crippen molar-refractivity contribution in [2.24, 2.45) is 0 Å². The Hall–Kier alpha value is -3.97. The smallest absolute Gasteiger partial charge is 0.301 e. The Kier molecular flexibility index (Phi) is 7.29. The molecule has 1 N–H and O–H groups in total. The first kappa shape index (κ1) is 25.7. The molecule has 0 spiro atoms. The van der Waals surface area contributed by atoms with Gasteiger partial charge in [0, 0.05) is 5.56 Å². The van der Waals surface area contributed by atoms with Crippen LogP contribution in [-0.4, -0.2) is 28.4 Å². The molecule has 0 bridgehead atoms. The number of Topliss-reactive ketones (excluding diaryl/α,β-unsaturated/α-hetero) is 1. The maximum Gasteiger partial charge on any atom is 0.301 e. The summed E-state index contributed by atoms with van der Waals surface area (Å²) in [5, 5.41) is 11.7. The van der Waals surface area contributed by atoms with Crippen molar-refractivity contribution in [2.45, 2.75) is 46.1 Å². The molecule has 1 saturated heterocycles. The number of carbonyl (C=O) groups excluding carboxylic acids is 2. The molecule has 1 fully saturated rings. The van der Waals surface area contributed by atoms with Gasteiger partial charge in [0.05, 0.1) is 28.4 Å². The van der Waals surface area contributed by atoms with Crippen LogP contribution < -0.4 is 9.64 Å². The number of thiazole rings is 1. The molecule has 38 heavy (non-hydrogen) atoms. The molecule has 0 saturated carbocycles. The average Bonchev–Trinajstić information content (AvgIpc) is 3.44. The number of hydrogen-bond donors (Lipinski definition) is 1. The lowest BCUT2D eigenvalue weighted by Gasteiger charge is -2.23. The second kappa shape index (κ2) is 10.8. The highest BCUT2D eigenvalue weighted by molar-refractivity contribution is 7.22. The fourth-order valence-corrected chi connectivity index (χ4v) is 5.71. The van der Waals surface area contributed by atoms with Crippen molar-refractivity contribution in [1.29, 1.82) is 0 Å². The summed E-state index contributed by atoms with van der Waals surface area (Å²) in [4.78, 5) is 33.0. The normalized spacial score (nSPS) is 16.9. The topological polar surface area (TPSA) is 79.7 Å². The number of fused-ring (bicyclic) bond motifs is 1. The molecule has 1 atom stereocenters. The number of amides is 1. The summed E-state index contributed by atoms with van der Waals surface area (Å²) in [5.41, 5.74) is 4.08. The van der Waals surface area contributed by atoms with E-state index in [1.807, 2.05) is 68.4 Å². The molecular weight excluding hydrogens is 496 g/mol. The molecule has 3 aromatic carbocycles. The summed E-state index contributed by atoms with van der Waals surface area (Å²) in [6, 6.07) is 19.7. The number of anilines is 1. The third-order valence-electron chi connectivity index (χ3n) is 6.72. The summed E-state index contributed by atoms with van der Waals surface area (Å²) in [6.45, 7) is 6.72. The summed E-state index contributed by atoms with van der Waals surface area (Å²) >= 11 is 1.36. The van der Waals surface area contributed by atoms with Crippen LogP contribution >= 0.6 is 11.3 Å². The summed E-state index contributed by atoms with van der Waals surface area (Å²) in [7, 11) is 0. The van der Waals surface area contributed by atoms with Crippen molar-refractivity contribution in [3.63, 3.8) is 0 Å². The Morgan fingerprint density at radius 3 is 2.39 bits per heavy atom.